The van der Waals surface area contributed by atoms with E-state index < -0.39 is 27.6 Å². The summed E-state index contributed by atoms with van der Waals surface area (Å²) in [5.74, 6) is -0.120. The summed E-state index contributed by atoms with van der Waals surface area (Å²) < 4.78 is 41.0. The Labute approximate surface area is 113 Å². The van der Waals surface area contributed by atoms with Crippen molar-refractivity contribution in [3.63, 3.8) is 0 Å². The number of alkyl halides is 1. The SMILES string of the molecule is CC(C)(F)CNC(=O)N1CCOC(CS(C)(=O)=O)C1. The highest BCUT2D eigenvalue weighted by atomic mass is 32.2. The number of amides is 2. The van der Waals surface area contributed by atoms with Gasteiger partial charge in [-0.3, -0.25) is 0 Å². The quantitative estimate of drug-likeness (QED) is 0.803. The molecule has 0 aromatic rings. The van der Waals surface area contributed by atoms with Crippen molar-refractivity contribution in [2.45, 2.75) is 25.6 Å². The van der Waals surface area contributed by atoms with Gasteiger partial charge in [-0.1, -0.05) is 0 Å². The topological polar surface area (TPSA) is 75.7 Å². The Morgan fingerprint density at radius 3 is 2.68 bits per heavy atom. The first-order valence-corrected chi connectivity index (χ1v) is 8.14. The summed E-state index contributed by atoms with van der Waals surface area (Å²) >= 11 is 0. The Hall–Kier alpha value is -0.890. The fourth-order valence-corrected chi connectivity index (χ4v) is 2.62. The highest BCUT2D eigenvalue weighted by molar-refractivity contribution is 7.90. The fraction of sp³-hybridized carbons (Fsp3) is 0.909. The molecule has 1 rings (SSSR count). The fourth-order valence-electron chi connectivity index (χ4n) is 1.74. The lowest BCUT2D eigenvalue weighted by molar-refractivity contribution is -0.00207. The van der Waals surface area contributed by atoms with E-state index in [1.54, 1.807) is 0 Å². The van der Waals surface area contributed by atoms with Gasteiger partial charge < -0.3 is 15.0 Å². The summed E-state index contributed by atoms with van der Waals surface area (Å²) in [6, 6.07) is -0.396. The van der Waals surface area contributed by atoms with E-state index in [0.717, 1.165) is 6.26 Å². The molecule has 2 amide bonds. The second-order valence-corrected chi connectivity index (χ2v) is 7.59. The number of nitrogens with zero attached hydrogens (tertiary/aromatic N) is 1. The van der Waals surface area contributed by atoms with Crippen molar-refractivity contribution in [1.29, 1.82) is 0 Å². The van der Waals surface area contributed by atoms with E-state index in [1.807, 2.05) is 0 Å². The number of hydrogen-bond donors (Lipinski definition) is 1. The van der Waals surface area contributed by atoms with E-state index in [4.69, 9.17) is 4.74 Å². The van der Waals surface area contributed by atoms with Gasteiger partial charge in [0.15, 0.2) is 0 Å². The van der Waals surface area contributed by atoms with Crippen LogP contribution >= 0.6 is 0 Å². The van der Waals surface area contributed by atoms with Gasteiger partial charge in [0.1, 0.15) is 15.5 Å². The lowest BCUT2D eigenvalue weighted by atomic mass is 10.2. The molecule has 1 atom stereocenters. The van der Waals surface area contributed by atoms with Crippen LogP contribution < -0.4 is 5.32 Å². The van der Waals surface area contributed by atoms with Crippen LogP contribution in [0, 0.1) is 0 Å². The van der Waals surface area contributed by atoms with Crippen LogP contribution in [0.25, 0.3) is 0 Å². The van der Waals surface area contributed by atoms with Gasteiger partial charge in [-0.25, -0.2) is 17.6 Å². The number of halogens is 1. The van der Waals surface area contributed by atoms with E-state index >= 15 is 0 Å². The maximum absolute atomic E-state index is 13.3. The monoisotopic (exact) mass is 296 g/mol. The molecule has 1 aliphatic rings. The van der Waals surface area contributed by atoms with E-state index in [0.29, 0.717) is 6.54 Å². The van der Waals surface area contributed by atoms with Crippen LogP contribution in [0.15, 0.2) is 0 Å². The van der Waals surface area contributed by atoms with Crippen LogP contribution in [0.1, 0.15) is 13.8 Å². The molecule has 0 aromatic carbocycles. The summed E-state index contributed by atoms with van der Waals surface area (Å²) in [6.45, 7) is 3.52. The van der Waals surface area contributed by atoms with Gasteiger partial charge in [-0.05, 0) is 13.8 Å². The highest BCUT2D eigenvalue weighted by Crippen LogP contribution is 2.09. The van der Waals surface area contributed by atoms with Crippen molar-refractivity contribution in [3.8, 4) is 0 Å². The van der Waals surface area contributed by atoms with E-state index in [2.05, 4.69) is 5.32 Å². The molecule has 0 spiro atoms. The first-order chi connectivity index (χ1) is 8.57. The Kier molecular flexibility index (Phi) is 5.14. The predicted octanol–water partition coefficient (Wildman–Crippen LogP) is 0.190. The zero-order valence-electron chi connectivity index (χ0n) is 11.5. The second-order valence-electron chi connectivity index (χ2n) is 5.41. The summed E-state index contributed by atoms with van der Waals surface area (Å²) in [5, 5.41) is 2.48. The zero-order valence-corrected chi connectivity index (χ0v) is 12.3. The number of morpholine rings is 1. The molecule has 1 aliphatic heterocycles. The summed E-state index contributed by atoms with van der Waals surface area (Å²) in [4.78, 5) is 13.2. The van der Waals surface area contributed by atoms with Gasteiger partial charge in [0, 0.05) is 19.3 Å². The molecule has 1 saturated heterocycles. The molecule has 1 N–H and O–H groups in total. The average molecular weight is 296 g/mol. The summed E-state index contributed by atoms with van der Waals surface area (Å²) in [7, 11) is -3.15. The predicted molar refractivity (Wildman–Crippen MR) is 69.6 cm³/mol. The first kappa shape index (κ1) is 16.2. The molecule has 0 saturated carbocycles. The molecule has 0 aromatic heterocycles. The van der Waals surface area contributed by atoms with Gasteiger partial charge in [0.05, 0.1) is 25.0 Å². The minimum atomic E-state index is -3.15. The molecule has 112 valence electrons. The van der Waals surface area contributed by atoms with Crippen LogP contribution in [-0.2, 0) is 14.6 Å². The highest BCUT2D eigenvalue weighted by Gasteiger charge is 2.27. The molecule has 8 heteroatoms. The molecule has 0 radical (unpaired) electrons. The van der Waals surface area contributed by atoms with Crippen LogP contribution in [-0.4, -0.2) is 69.4 Å². The van der Waals surface area contributed by atoms with Crippen LogP contribution in [0.3, 0.4) is 0 Å². The van der Waals surface area contributed by atoms with Gasteiger partial charge in [0.25, 0.3) is 0 Å². The molecule has 19 heavy (non-hydrogen) atoms. The van der Waals surface area contributed by atoms with Crippen molar-refractivity contribution in [2.75, 3.05) is 38.2 Å². The van der Waals surface area contributed by atoms with E-state index in [9.17, 15) is 17.6 Å². The molecule has 0 bridgehead atoms. The number of sulfone groups is 1. The Morgan fingerprint density at radius 2 is 2.16 bits per heavy atom. The number of carbonyl (C=O) groups excluding carboxylic acids is 1. The smallest absolute Gasteiger partial charge is 0.317 e. The molecular weight excluding hydrogens is 275 g/mol. The molecule has 6 nitrogen and oxygen atoms in total. The van der Waals surface area contributed by atoms with Gasteiger partial charge in [0.2, 0.25) is 0 Å². The molecule has 0 aliphatic carbocycles. The number of urea groups is 1. The summed E-state index contributed by atoms with van der Waals surface area (Å²) in [5.41, 5.74) is -1.48. The van der Waals surface area contributed by atoms with Crippen molar-refractivity contribution in [1.82, 2.24) is 10.2 Å². The van der Waals surface area contributed by atoms with Crippen molar-refractivity contribution in [3.05, 3.63) is 0 Å². The lowest BCUT2D eigenvalue weighted by Gasteiger charge is -2.33. The van der Waals surface area contributed by atoms with Gasteiger partial charge in [-0.15, -0.1) is 0 Å². The first-order valence-electron chi connectivity index (χ1n) is 6.08. The maximum Gasteiger partial charge on any atom is 0.317 e. The van der Waals surface area contributed by atoms with E-state index in [-0.39, 0.29) is 25.4 Å². The Balaban J connectivity index is 2.48. The number of hydrogen-bond acceptors (Lipinski definition) is 4. The third-order valence-electron chi connectivity index (χ3n) is 2.57. The largest absolute Gasteiger partial charge is 0.373 e. The number of rotatable bonds is 4. The molecule has 1 unspecified atom stereocenters. The lowest BCUT2D eigenvalue weighted by Crippen LogP contribution is -2.52. The number of ether oxygens (including phenoxy) is 1. The van der Waals surface area contributed by atoms with Crippen molar-refractivity contribution >= 4 is 15.9 Å². The zero-order chi connectivity index (χ0) is 14.7. The normalized spacial score (nSPS) is 21.3. The minimum absolute atomic E-state index is 0.0834. The van der Waals surface area contributed by atoms with Crippen molar-refractivity contribution in [2.24, 2.45) is 0 Å². The van der Waals surface area contributed by atoms with Crippen molar-refractivity contribution < 1.29 is 22.3 Å². The average Bonchev–Trinajstić information content (AvgIpc) is 2.23. The molecule has 1 heterocycles. The third-order valence-corrected chi connectivity index (χ3v) is 3.55. The Morgan fingerprint density at radius 1 is 1.53 bits per heavy atom. The van der Waals surface area contributed by atoms with Crippen LogP contribution in [0.2, 0.25) is 0 Å². The molecule has 1 fully saturated rings. The maximum atomic E-state index is 13.3. The third kappa shape index (κ3) is 6.72. The summed E-state index contributed by atoms with van der Waals surface area (Å²) in [6.07, 6.45) is 0.606. The Bertz CT molecular complexity index is 419. The van der Waals surface area contributed by atoms with Gasteiger partial charge in [-0.2, -0.15) is 0 Å². The minimum Gasteiger partial charge on any atom is -0.373 e. The van der Waals surface area contributed by atoms with E-state index in [1.165, 1.54) is 18.7 Å². The van der Waals surface area contributed by atoms with Crippen LogP contribution in [0.4, 0.5) is 9.18 Å². The molecular formula is C11H21FN2O4S. The second kappa shape index (κ2) is 6.04. The number of carbonyl (C=O) groups is 1. The van der Waals surface area contributed by atoms with Gasteiger partial charge >= 0.3 is 6.03 Å². The van der Waals surface area contributed by atoms with Crippen LogP contribution in [0.5, 0.6) is 0 Å². The standard InChI is InChI=1S/C11H21FN2O4S/c1-11(2,12)8-13-10(15)14-4-5-18-9(6-14)7-19(3,16)17/h9H,4-8H2,1-3H3,(H,13,15). The number of nitrogens with one attached hydrogen (secondary N) is 1.